The zero-order valence-electron chi connectivity index (χ0n) is 10.00. The van der Waals surface area contributed by atoms with Crippen molar-refractivity contribution in [3.63, 3.8) is 0 Å². The van der Waals surface area contributed by atoms with Crippen LogP contribution in [0.5, 0.6) is 0 Å². The number of nitrogens with one attached hydrogen (secondary N) is 1. The summed E-state index contributed by atoms with van der Waals surface area (Å²) in [6.07, 6.45) is 4.98. The van der Waals surface area contributed by atoms with Gasteiger partial charge in [0, 0.05) is 18.0 Å². The summed E-state index contributed by atoms with van der Waals surface area (Å²) in [5, 5.41) is 13.1. The molecule has 2 N–H and O–H groups in total. The fourth-order valence-corrected chi connectivity index (χ4v) is 3.48. The fraction of sp³-hybridized carbons (Fsp3) is 1.00. The van der Waals surface area contributed by atoms with E-state index in [0.29, 0.717) is 12.6 Å². The van der Waals surface area contributed by atoms with Gasteiger partial charge in [0.25, 0.3) is 0 Å². The molecule has 0 aromatic heterocycles. The summed E-state index contributed by atoms with van der Waals surface area (Å²) < 4.78 is 0. The smallest absolute Gasteiger partial charge is 0.0502 e. The molecule has 2 unspecified atom stereocenters. The molecule has 3 heteroatoms. The lowest BCUT2D eigenvalue weighted by atomic mass is 9.61. The molecule has 1 aliphatic heterocycles. The maximum Gasteiger partial charge on any atom is 0.0502 e. The van der Waals surface area contributed by atoms with E-state index in [1.165, 1.54) is 38.8 Å². The fourth-order valence-electron chi connectivity index (χ4n) is 3.48. The zero-order valence-corrected chi connectivity index (χ0v) is 10.00. The molecule has 0 aromatic rings. The third-order valence-electron chi connectivity index (χ3n) is 4.53. The second-order valence-electron chi connectivity index (χ2n) is 5.45. The van der Waals surface area contributed by atoms with Gasteiger partial charge in [0.05, 0.1) is 6.61 Å². The van der Waals surface area contributed by atoms with Gasteiger partial charge in [0.2, 0.25) is 0 Å². The van der Waals surface area contributed by atoms with Crippen molar-refractivity contribution in [3.8, 4) is 0 Å². The first kappa shape index (κ1) is 11.4. The van der Waals surface area contributed by atoms with Gasteiger partial charge in [-0.15, -0.1) is 0 Å². The highest BCUT2D eigenvalue weighted by Gasteiger charge is 2.47. The van der Waals surface area contributed by atoms with Gasteiger partial charge >= 0.3 is 0 Å². The molecule has 2 rings (SSSR count). The maximum atomic E-state index is 9.61. The number of likely N-dealkylation sites (tertiary alicyclic amines) is 1. The van der Waals surface area contributed by atoms with Crippen molar-refractivity contribution < 1.29 is 5.11 Å². The highest BCUT2D eigenvalue weighted by molar-refractivity contribution is 5.01. The average Bonchev–Trinajstić information content (AvgIpc) is 2.58. The molecule has 2 aliphatic rings. The number of hydrogen-bond donors (Lipinski definition) is 2. The van der Waals surface area contributed by atoms with E-state index in [4.69, 9.17) is 0 Å². The molecular formula is C12H24N2O. The first-order chi connectivity index (χ1) is 7.22. The summed E-state index contributed by atoms with van der Waals surface area (Å²) in [6.45, 7) is 2.76. The Morgan fingerprint density at radius 1 is 1.53 bits per heavy atom. The van der Waals surface area contributed by atoms with E-state index in [1.807, 2.05) is 0 Å². The lowest BCUT2D eigenvalue weighted by molar-refractivity contribution is -0.0102. The molecule has 1 aliphatic carbocycles. The Hall–Kier alpha value is -0.120. The first-order valence-electron chi connectivity index (χ1n) is 6.18. The summed E-state index contributed by atoms with van der Waals surface area (Å²) in [6, 6.07) is 0.515. The van der Waals surface area contributed by atoms with Crippen LogP contribution in [0.4, 0.5) is 0 Å². The van der Waals surface area contributed by atoms with Gasteiger partial charge in [-0.2, -0.15) is 0 Å². The summed E-state index contributed by atoms with van der Waals surface area (Å²) >= 11 is 0. The van der Waals surface area contributed by atoms with E-state index in [2.05, 4.69) is 24.3 Å². The van der Waals surface area contributed by atoms with Gasteiger partial charge in [-0.25, -0.2) is 0 Å². The van der Waals surface area contributed by atoms with Crippen LogP contribution in [0.3, 0.4) is 0 Å². The van der Waals surface area contributed by atoms with E-state index in [0.717, 1.165) is 5.92 Å². The Morgan fingerprint density at radius 2 is 2.27 bits per heavy atom. The Kier molecular flexibility index (Phi) is 3.33. The molecule has 88 valence electrons. The molecule has 2 atom stereocenters. The predicted octanol–water partition coefficient (Wildman–Crippen LogP) is 0.689. The molecule has 0 aromatic carbocycles. The normalized spacial score (nSPS) is 32.6. The number of hydrogen-bond acceptors (Lipinski definition) is 3. The minimum atomic E-state index is 0.199. The van der Waals surface area contributed by atoms with Gasteiger partial charge in [-0.3, -0.25) is 0 Å². The van der Waals surface area contributed by atoms with Crippen LogP contribution >= 0.6 is 0 Å². The molecule has 0 radical (unpaired) electrons. The second-order valence-corrected chi connectivity index (χ2v) is 5.45. The van der Waals surface area contributed by atoms with Crippen LogP contribution in [-0.4, -0.2) is 49.8 Å². The maximum absolute atomic E-state index is 9.61. The molecule has 0 bridgehead atoms. The average molecular weight is 212 g/mol. The molecule has 1 saturated heterocycles. The van der Waals surface area contributed by atoms with Gasteiger partial charge in [0.1, 0.15) is 0 Å². The van der Waals surface area contributed by atoms with Crippen molar-refractivity contribution in [3.05, 3.63) is 0 Å². The minimum Gasteiger partial charge on any atom is -0.396 e. The minimum absolute atomic E-state index is 0.199. The van der Waals surface area contributed by atoms with Crippen molar-refractivity contribution in [1.29, 1.82) is 0 Å². The summed E-state index contributed by atoms with van der Waals surface area (Å²) in [5.74, 6) is 0.729. The lowest BCUT2D eigenvalue weighted by Crippen LogP contribution is -2.54. The van der Waals surface area contributed by atoms with Gasteiger partial charge in [-0.05, 0) is 45.8 Å². The molecular weight excluding hydrogens is 188 g/mol. The van der Waals surface area contributed by atoms with Gasteiger partial charge < -0.3 is 15.3 Å². The summed E-state index contributed by atoms with van der Waals surface area (Å²) in [5.41, 5.74) is 0.199. The largest absolute Gasteiger partial charge is 0.396 e. The lowest BCUT2D eigenvalue weighted by Gasteiger charge is -2.49. The topological polar surface area (TPSA) is 35.5 Å². The molecule has 2 fully saturated rings. The van der Waals surface area contributed by atoms with E-state index in [-0.39, 0.29) is 5.41 Å². The van der Waals surface area contributed by atoms with Crippen LogP contribution in [0.2, 0.25) is 0 Å². The standard InChI is InChI=1S/C12H24N2O/c1-13-11(10-4-7-14(2)8-10)12(9-15)5-3-6-12/h10-11,13,15H,3-9H2,1-2H3. The van der Waals surface area contributed by atoms with Crippen molar-refractivity contribution in [2.45, 2.75) is 31.7 Å². The third kappa shape index (κ3) is 1.93. The van der Waals surface area contributed by atoms with Crippen molar-refractivity contribution in [2.75, 3.05) is 33.8 Å². The SMILES string of the molecule is CNC(C1CCN(C)C1)C1(CO)CCC1. The Balaban J connectivity index is 2.02. The predicted molar refractivity (Wildman–Crippen MR) is 61.8 cm³/mol. The van der Waals surface area contributed by atoms with Crippen molar-refractivity contribution >= 4 is 0 Å². The highest BCUT2D eigenvalue weighted by atomic mass is 16.3. The van der Waals surface area contributed by atoms with E-state index < -0.39 is 0 Å². The molecule has 1 heterocycles. The van der Waals surface area contributed by atoms with Crippen molar-refractivity contribution in [2.24, 2.45) is 11.3 Å². The summed E-state index contributed by atoms with van der Waals surface area (Å²) in [4.78, 5) is 2.40. The third-order valence-corrected chi connectivity index (χ3v) is 4.53. The van der Waals surface area contributed by atoms with Gasteiger partial charge in [0.15, 0.2) is 0 Å². The van der Waals surface area contributed by atoms with Gasteiger partial charge in [-0.1, -0.05) is 6.42 Å². The quantitative estimate of drug-likeness (QED) is 0.719. The summed E-state index contributed by atoms with van der Waals surface area (Å²) in [7, 11) is 4.25. The van der Waals surface area contributed by atoms with E-state index >= 15 is 0 Å². The molecule has 3 nitrogen and oxygen atoms in total. The highest BCUT2D eigenvalue weighted by Crippen LogP contribution is 2.46. The first-order valence-corrected chi connectivity index (χ1v) is 6.18. The monoisotopic (exact) mass is 212 g/mol. The Bertz CT molecular complexity index is 210. The number of aliphatic hydroxyl groups excluding tert-OH is 1. The molecule has 15 heavy (non-hydrogen) atoms. The number of aliphatic hydroxyl groups is 1. The van der Waals surface area contributed by atoms with Crippen molar-refractivity contribution in [1.82, 2.24) is 10.2 Å². The molecule has 0 spiro atoms. The Labute approximate surface area is 92.8 Å². The van der Waals surface area contributed by atoms with E-state index in [9.17, 15) is 5.11 Å². The Morgan fingerprint density at radius 3 is 2.60 bits per heavy atom. The number of nitrogens with zero attached hydrogens (tertiary/aromatic N) is 1. The second kappa shape index (κ2) is 4.40. The number of rotatable bonds is 4. The van der Waals surface area contributed by atoms with Crippen LogP contribution < -0.4 is 5.32 Å². The zero-order chi connectivity index (χ0) is 10.9. The van der Waals surface area contributed by atoms with E-state index in [1.54, 1.807) is 0 Å². The van der Waals surface area contributed by atoms with Crippen LogP contribution in [0.1, 0.15) is 25.7 Å². The van der Waals surface area contributed by atoms with Crippen LogP contribution in [0.25, 0.3) is 0 Å². The van der Waals surface area contributed by atoms with Crippen LogP contribution in [-0.2, 0) is 0 Å². The van der Waals surface area contributed by atoms with Crippen LogP contribution in [0, 0.1) is 11.3 Å². The molecule has 1 saturated carbocycles. The molecule has 0 amide bonds. The van der Waals surface area contributed by atoms with Crippen LogP contribution in [0.15, 0.2) is 0 Å².